The van der Waals surface area contributed by atoms with Gasteiger partial charge in [-0.2, -0.15) is 0 Å². The maximum absolute atomic E-state index is 12.6. The molecule has 0 saturated carbocycles. The number of unbranched alkanes of at least 4 members (excludes halogenated alkanes) is 2. The number of nitrogens with two attached hydrogens (primary N) is 1. The van der Waals surface area contributed by atoms with E-state index in [0.29, 0.717) is 77.9 Å². The molecule has 0 spiro atoms. The van der Waals surface area contributed by atoms with Crippen molar-refractivity contribution in [3.63, 3.8) is 0 Å². The summed E-state index contributed by atoms with van der Waals surface area (Å²) < 4.78 is 21.7. The summed E-state index contributed by atoms with van der Waals surface area (Å²) in [7, 11) is 2.16. The fourth-order valence-electron chi connectivity index (χ4n) is 5.69. The number of hydrogen-bond donors (Lipinski definition) is 3. The summed E-state index contributed by atoms with van der Waals surface area (Å²) in [6.45, 7) is 18.6. The molecule has 0 bridgehead atoms. The van der Waals surface area contributed by atoms with Gasteiger partial charge in [-0.1, -0.05) is 27.7 Å². The van der Waals surface area contributed by atoms with Crippen molar-refractivity contribution in [1.29, 1.82) is 0 Å². The van der Waals surface area contributed by atoms with E-state index in [1.54, 1.807) is 0 Å². The summed E-state index contributed by atoms with van der Waals surface area (Å²) in [5.74, 6) is -1.09. The summed E-state index contributed by atoms with van der Waals surface area (Å²) in [5, 5.41) is 12.5. The molecule has 0 aromatic rings. The van der Waals surface area contributed by atoms with Crippen molar-refractivity contribution in [3.8, 4) is 0 Å². The lowest BCUT2D eigenvalue weighted by Crippen LogP contribution is -2.45. The van der Waals surface area contributed by atoms with Crippen LogP contribution in [0.15, 0.2) is 0 Å². The van der Waals surface area contributed by atoms with E-state index < -0.39 is 0 Å². The smallest absolute Gasteiger partial charge is 0.307 e. The van der Waals surface area contributed by atoms with Gasteiger partial charge in [0.2, 0.25) is 0 Å². The van der Waals surface area contributed by atoms with E-state index in [9.17, 15) is 19.2 Å². The highest BCUT2D eigenvalue weighted by atomic mass is 16.5. The van der Waals surface area contributed by atoms with Crippen LogP contribution in [0.4, 0.5) is 0 Å². The van der Waals surface area contributed by atoms with Crippen LogP contribution in [0.2, 0.25) is 0 Å². The molecule has 0 aromatic carbocycles. The molecule has 0 atom stereocenters. The maximum atomic E-state index is 12.6. The van der Waals surface area contributed by atoms with Gasteiger partial charge in [-0.25, -0.2) is 0 Å². The van der Waals surface area contributed by atoms with E-state index in [1.807, 2.05) is 13.8 Å². The van der Waals surface area contributed by atoms with E-state index >= 15 is 0 Å². The number of ether oxygens (including phenoxy) is 4. The van der Waals surface area contributed by atoms with Gasteiger partial charge in [0.25, 0.3) is 0 Å². The van der Waals surface area contributed by atoms with Gasteiger partial charge >= 0.3 is 23.9 Å². The molecule has 0 aliphatic carbocycles. The topological polar surface area (TPSA) is 173 Å². The largest absolute Gasteiger partial charge is 0.466 e. The number of carbonyl (C=O) groups is 4. The van der Waals surface area contributed by atoms with Gasteiger partial charge in [0.15, 0.2) is 0 Å². The quantitative estimate of drug-likeness (QED) is 0.0520. The van der Waals surface area contributed by atoms with Crippen molar-refractivity contribution >= 4 is 23.9 Å². The standard InChI is InChI=1S/C39H75N5O9/c1-38(2,14-30-50-34(46)10-18-40)16-32-52-36(48)12-23-43(21-7-6-8-29-45)24-13-37(49)53-33-17-39(3,4)15-31-51-35(47)11-20-41-19-9-22-44-27-25-42(5)26-28-44/h41,45H,6-33,40H2,1-5H3. The van der Waals surface area contributed by atoms with Crippen LogP contribution in [0.3, 0.4) is 0 Å². The number of esters is 4. The van der Waals surface area contributed by atoms with Crippen LogP contribution in [0.1, 0.15) is 105 Å². The van der Waals surface area contributed by atoms with Gasteiger partial charge in [0, 0.05) is 59.0 Å². The number of rotatable bonds is 32. The first-order valence-corrected chi connectivity index (χ1v) is 20.0. The number of aliphatic hydroxyl groups is 1. The molecule has 53 heavy (non-hydrogen) atoms. The van der Waals surface area contributed by atoms with Crippen LogP contribution in [-0.4, -0.2) is 156 Å². The number of piperazine rings is 1. The average molecular weight is 758 g/mol. The van der Waals surface area contributed by atoms with Gasteiger partial charge in [-0.15, -0.1) is 0 Å². The van der Waals surface area contributed by atoms with Crippen LogP contribution in [0.5, 0.6) is 0 Å². The molecule has 310 valence electrons. The average Bonchev–Trinajstić information content (AvgIpc) is 3.09. The molecule has 0 amide bonds. The van der Waals surface area contributed by atoms with Gasteiger partial charge in [-0.05, 0) is 88.9 Å². The SMILES string of the molecule is CN1CCN(CCCNCCC(=O)OCCC(C)(C)CCOC(=O)CCN(CCCCCO)CCC(=O)OCCC(C)(C)CCOC(=O)CCN)CC1. The molecule has 1 rings (SSSR count). The Kier molecular flexibility index (Phi) is 26.6. The Labute approximate surface area is 320 Å². The number of nitrogens with zero attached hydrogens (tertiary/aromatic N) is 3. The molecule has 1 fully saturated rings. The highest BCUT2D eigenvalue weighted by molar-refractivity contribution is 5.70. The Bertz CT molecular complexity index is 1010. The van der Waals surface area contributed by atoms with E-state index in [1.165, 1.54) is 0 Å². The Balaban J connectivity index is 2.25. The first kappa shape index (κ1) is 48.7. The second-order valence-corrected chi connectivity index (χ2v) is 15.9. The second-order valence-electron chi connectivity index (χ2n) is 15.9. The minimum atomic E-state index is -0.305. The zero-order valence-electron chi connectivity index (χ0n) is 33.9. The van der Waals surface area contributed by atoms with Crippen LogP contribution >= 0.6 is 0 Å². The van der Waals surface area contributed by atoms with Gasteiger partial charge < -0.3 is 49.8 Å². The first-order chi connectivity index (χ1) is 25.2. The van der Waals surface area contributed by atoms with Gasteiger partial charge in [0.1, 0.15) is 0 Å². The first-order valence-electron chi connectivity index (χ1n) is 20.0. The third-order valence-electron chi connectivity index (χ3n) is 9.84. The summed E-state index contributed by atoms with van der Waals surface area (Å²) in [5.41, 5.74) is 5.05. The highest BCUT2D eigenvalue weighted by Gasteiger charge is 2.21. The molecular weight excluding hydrogens is 682 g/mol. The molecular formula is C39H75N5O9. The fourth-order valence-corrected chi connectivity index (χ4v) is 5.69. The summed E-state index contributed by atoms with van der Waals surface area (Å²) in [6.07, 6.45) is 7.08. The van der Waals surface area contributed by atoms with Gasteiger partial charge in [-0.3, -0.25) is 19.2 Å². The third kappa shape index (κ3) is 27.8. The summed E-state index contributed by atoms with van der Waals surface area (Å²) in [4.78, 5) is 55.8. The normalized spacial score (nSPS) is 14.3. The number of likely N-dealkylation sites (N-methyl/N-ethyl adjacent to an activating group) is 1. The number of aliphatic hydroxyl groups excluding tert-OH is 1. The molecule has 1 saturated heterocycles. The monoisotopic (exact) mass is 758 g/mol. The molecule has 14 nitrogen and oxygen atoms in total. The minimum absolute atomic E-state index is 0.138. The maximum Gasteiger partial charge on any atom is 0.307 e. The van der Waals surface area contributed by atoms with Gasteiger partial charge in [0.05, 0.1) is 52.1 Å². The van der Waals surface area contributed by atoms with Crippen molar-refractivity contribution in [2.75, 3.05) is 112 Å². The Morgan fingerprint density at radius 2 is 1.11 bits per heavy atom. The zero-order valence-corrected chi connectivity index (χ0v) is 33.9. The number of hydrogen-bond acceptors (Lipinski definition) is 14. The highest BCUT2D eigenvalue weighted by Crippen LogP contribution is 2.26. The number of carbonyl (C=O) groups excluding carboxylic acids is 4. The van der Waals surface area contributed by atoms with Crippen molar-refractivity contribution in [2.45, 2.75) is 105 Å². The van der Waals surface area contributed by atoms with Crippen LogP contribution < -0.4 is 11.1 Å². The van der Waals surface area contributed by atoms with Crippen molar-refractivity contribution in [3.05, 3.63) is 0 Å². The Morgan fingerprint density at radius 3 is 1.58 bits per heavy atom. The van der Waals surface area contributed by atoms with Crippen molar-refractivity contribution in [1.82, 2.24) is 20.0 Å². The molecule has 4 N–H and O–H groups in total. The fraction of sp³-hybridized carbons (Fsp3) is 0.897. The second kappa shape index (κ2) is 29.0. The summed E-state index contributed by atoms with van der Waals surface area (Å²) in [6, 6.07) is 0. The molecule has 1 aliphatic heterocycles. The molecule has 1 aliphatic rings. The van der Waals surface area contributed by atoms with Crippen LogP contribution in [0, 0.1) is 10.8 Å². The zero-order chi connectivity index (χ0) is 39.4. The molecule has 0 unspecified atom stereocenters. The number of nitrogens with one attached hydrogen (secondary N) is 1. The predicted molar refractivity (Wildman–Crippen MR) is 206 cm³/mol. The lowest BCUT2D eigenvalue weighted by atomic mass is 9.86. The summed E-state index contributed by atoms with van der Waals surface area (Å²) >= 11 is 0. The van der Waals surface area contributed by atoms with E-state index in [0.717, 1.165) is 58.5 Å². The Morgan fingerprint density at radius 1 is 0.642 bits per heavy atom. The van der Waals surface area contributed by atoms with Crippen LogP contribution in [-0.2, 0) is 38.1 Å². The van der Waals surface area contributed by atoms with Crippen molar-refractivity contribution in [2.24, 2.45) is 16.6 Å². The van der Waals surface area contributed by atoms with E-state index in [4.69, 9.17) is 29.8 Å². The third-order valence-corrected chi connectivity index (χ3v) is 9.84. The van der Waals surface area contributed by atoms with Crippen molar-refractivity contribution < 1.29 is 43.2 Å². The van der Waals surface area contributed by atoms with E-state index in [-0.39, 0.29) is 80.3 Å². The molecule has 0 radical (unpaired) electrons. The van der Waals surface area contributed by atoms with Crippen LogP contribution in [0.25, 0.3) is 0 Å². The van der Waals surface area contributed by atoms with E-state index in [2.05, 4.69) is 40.9 Å². The Hall–Kier alpha value is -2.36. The lowest BCUT2D eigenvalue weighted by molar-refractivity contribution is -0.146. The predicted octanol–water partition coefficient (Wildman–Crippen LogP) is 2.98. The molecule has 14 heteroatoms. The lowest BCUT2D eigenvalue weighted by Gasteiger charge is -2.32. The molecule has 0 aromatic heterocycles. The molecule has 1 heterocycles. The minimum Gasteiger partial charge on any atom is -0.466 e.